The molecule has 0 aromatic heterocycles. The molecular formula is C21H19N3O4. The van der Waals surface area contributed by atoms with Gasteiger partial charge < -0.3 is 25.1 Å². The topological polar surface area (TPSA) is 110 Å². The Morgan fingerprint density at radius 1 is 1.21 bits per heavy atom. The number of nitrogens with zero attached hydrogens (tertiary/aromatic N) is 2. The Balaban J connectivity index is 1.98. The molecule has 1 spiro atoms. The summed E-state index contributed by atoms with van der Waals surface area (Å²) >= 11 is 0. The molecule has 0 saturated carbocycles. The molecule has 3 aliphatic rings. The largest absolute Gasteiger partial charge is 0.497 e. The van der Waals surface area contributed by atoms with E-state index in [1.165, 1.54) is 0 Å². The maximum absolute atomic E-state index is 9.81. The van der Waals surface area contributed by atoms with Gasteiger partial charge in [0.05, 0.1) is 26.7 Å². The van der Waals surface area contributed by atoms with E-state index >= 15 is 0 Å². The highest BCUT2D eigenvalue weighted by molar-refractivity contribution is 5.82. The predicted octanol–water partition coefficient (Wildman–Crippen LogP) is 2.08. The normalized spacial score (nSPS) is 24.9. The van der Waals surface area contributed by atoms with E-state index in [9.17, 15) is 10.4 Å². The SMILES string of the molecule is COc1cc(OC)cc(C2C3=CC=C(CO)C4=CC=NC43OC(N)=C2C#N)c1. The van der Waals surface area contributed by atoms with E-state index in [0.29, 0.717) is 22.6 Å². The Kier molecular flexibility index (Phi) is 4.21. The van der Waals surface area contributed by atoms with Gasteiger partial charge in [0.1, 0.15) is 23.1 Å². The van der Waals surface area contributed by atoms with Gasteiger partial charge in [0.2, 0.25) is 5.88 Å². The summed E-state index contributed by atoms with van der Waals surface area (Å²) in [6.45, 7) is -0.156. The number of hydrogen-bond donors (Lipinski definition) is 2. The fraction of sp³-hybridized carbons (Fsp3) is 0.238. The molecule has 3 N–H and O–H groups in total. The minimum Gasteiger partial charge on any atom is -0.497 e. The first kappa shape index (κ1) is 17.9. The van der Waals surface area contributed by atoms with E-state index in [1.54, 1.807) is 32.6 Å². The summed E-state index contributed by atoms with van der Waals surface area (Å²) in [5.74, 6) is 0.701. The van der Waals surface area contributed by atoms with Gasteiger partial charge in [-0.25, -0.2) is 4.99 Å². The van der Waals surface area contributed by atoms with Crippen LogP contribution in [0.5, 0.6) is 11.5 Å². The minimum absolute atomic E-state index is 0.00979. The van der Waals surface area contributed by atoms with Crippen molar-refractivity contribution in [2.45, 2.75) is 11.6 Å². The van der Waals surface area contributed by atoms with Crippen LogP contribution in [0.15, 0.2) is 69.6 Å². The van der Waals surface area contributed by atoms with Crippen molar-refractivity contribution in [3.8, 4) is 17.6 Å². The van der Waals surface area contributed by atoms with Gasteiger partial charge in [-0.1, -0.05) is 12.2 Å². The number of allylic oxidation sites excluding steroid dienone is 4. The average Bonchev–Trinajstić information content (AvgIpc) is 3.14. The first-order valence-corrected chi connectivity index (χ1v) is 8.68. The Morgan fingerprint density at radius 2 is 1.93 bits per heavy atom. The van der Waals surface area contributed by atoms with Gasteiger partial charge in [-0.15, -0.1) is 0 Å². The van der Waals surface area contributed by atoms with Crippen molar-refractivity contribution in [3.05, 3.63) is 70.2 Å². The molecule has 2 atom stereocenters. The van der Waals surface area contributed by atoms with Crippen LogP contribution in [0, 0.1) is 11.3 Å². The summed E-state index contributed by atoms with van der Waals surface area (Å²) in [4.78, 5) is 4.54. The molecule has 1 aliphatic carbocycles. The van der Waals surface area contributed by atoms with Crippen molar-refractivity contribution >= 4 is 6.21 Å². The Labute approximate surface area is 162 Å². The van der Waals surface area contributed by atoms with Crippen molar-refractivity contribution in [2.75, 3.05) is 20.8 Å². The molecule has 142 valence electrons. The third-order valence-corrected chi connectivity index (χ3v) is 5.18. The van der Waals surface area contributed by atoms with E-state index < -0.39 is 11.6 Å². The van der Waals surface area contributed by atoms with Crippen molar-refractivity contribution in [1.29, 1.82) is 5.26 Å². The molecule has 0 bridgehead atoms. The van der Waals surface area contributed by atoms with Crippen molar-refractivity contribution in [3.63, 3.8) is 0 Å². The van der Waals surface area contributed by atoms with Crippen LogP contribution in [0.1, 0.15) is 11.5 Å². The smallest absolute Gasteiger partial charge is 0.251 e. The first-order chi connectivity index (χ1) is 13.6. The van der Waals surface area contributed by atoms with Crippen molar-refractivity contribution in [2.24, 2.45) is 10.7 Å². The van der Waals surface area contributed by atoms with Crippen molar-refractivity contribution < 1.29 is 19.3 Å². The van der Waals surface area contributed by atoms with E-state index in [1.807, 2.05) is 24.3 Å². The predicted molar refractivity (Wildman–Crippen MR) is 103 cm³/mol. The van der Waals surface area contributed by atoms with Crippen molar-refractivity contribution in [1.82, 2.24) is 0 Å². The third-order valence-electron chi connectivity index (χ3n) is 5.18. The quantitative estimate of drug-likeness (QED) is 0.831. The number of aliphatic hydroxyl groups excluding tert-OH is 1. The highest BCUT2D eigenvalue weighted by Gasteiger charge is 2.52. The Bertz CT molecular complexity index is 1020. The first-order valence-electron chi connectivity index (χ1n) is 8.68. The number of ether oxygens (including phenoxy) is 3. The number of nitriles is 1. The number of aliphatic hydroxyl groups is 1. The molecular weight excluding hydrogens is 358 g/mol. The Morgan fingerprint density at radius 3 is 2.54 bits per heavy atom. The Hall–Kier alpha value is -3.50. The van der Waals surface area contributed by atoms with Crippen LogP contribution in [0.4, 0.5) is 0 Å². The molecule has 7 heteroatoms. The second-order valence-electron chi connectivity index (χ2n) is 6.55. The molecule has 0 saturated heterocycles. The second-order valence-corrected chi connectivity index (χ2v) is 6.55. The summed E-state index contributed by atoms with van der Waals surface area (Å²) in [6, 6.07) is 7.61. The monoisotopic (exact) mass is 377 g/mol. The van der Waals surface area contributed by atoms with E-state index in [2.05, 4.69) is 11.1 Å². The van der Waals surface area contributed by atoms with E-state index in [-0.39, 0.29) is 18.1 Å². The van der Waals surface area contributed by atoms with Gasteiger partial charge in [-0.2, -0.15) is 5.26 Å². The van der Waals surface area contributed by atoms with Crippen LogP contribution in [0.25, 0.3) is 0 Å². The lowest BCUT2D eigenvalue weighted by Crippen LogP contribution is -2.43. The third kappa shape index (κ3) is 2.42. The number of nitrogens with two attached hydrogens (primary N) is 1. The zero-order chi connectivity index (χ0) is 19.9. The molecule has 0 amide bonds. The lowest BCUT2D eigenvalue weighted by Gasteiger charge is -2.42. The number of benzene rings is 1. The highest BCUT2D eigenvalue weighted by atomic mass is 16.5. The van der Waals surface area contributed by atoms with Gasteiger partial charge in [0, 0.05) is 23.4 Å². The van der Waals surface area contributed by atoms with Crippen LogP contribution < -0.4 is 15.2 Å². The molecule has 1 aromatic rings. The van der Waals surface area contributed by atoms with Crippen LogP contribution in [-0.4, -0.2) is 37.9 Å². The molecule has 7 nitrogen and oxygen atoms in total. The zero-order valence-corrected chi connectivity index (χ0v) is 15.5. The lowest BCUT2D eigenvalue weighted by molar-refractivity contribution is 0.0579. The summed E-state index contributed by atoms with van der Waals surface area (Å²) in [5, 5.41) is 19.5. The molecule has 4 rings (SSSR count). The molecule has 2 unspecified atom stereocenters. The zero-order valence-electron chi connectivity index (χ0n) is 15.5. The fourth-order valence-corrected chi connectivity index (χ4v) is 3.89. The molecule has 2 heterocycles. The van der Waals surface area contributed by atoms with Gasteiger partial charge in [0.25, 0.3) is 5.72 Å². The summed E-state index contributed by atoms with van der Waals surface area (Å²) in [5.41, 5.74) is 8.19. The van der Waals surface area contributed by atoms with Gasteiger partial charge >= 0.3 is 0 Å². The number of aliphatic imine (C=N–C) groups is 1. The molecule has 1 aromatic carbocycles. The molecule has 2 aliphatic heterocycles. The molecule has 0 fully saturated rings. The number of hydrogen-bond acceptors (Lipinski definition) is 7. The van der Waals surface area contributed by atoms with Gasteiger partial charge in [-0.3, -0.25) is 0 Å². The fourth-order valence-electron chi connectivity index (χ4n) is 3.89. The van der Waals surface area contributed by atoms with E-state index in [0.717, 1.165) is 11.1 Å². The lowest BCUT2D eigenvalue weighted by atomic mass is 9.73. The maximum Gasteiger partial charge on any atom is 0.251 e. The molecule has 0 radical (unpaired) electrons. The highest BCUT2D eigenvalue weighted by Crippen LogP contribution is 2.53. The number of methoxy groups -OCH3 is 2. The molecule has 28 heavy (non-hydrogen) atoms. The van der Waals surface area contributed by atoms with Gasteiger partial charge in [-0.05, 0) is 29.3 Å². The average molecular weight is 377 g/mol. The van der Waals surface area contributed by atoms with Crippen LogP contribution in [0.2, 0.25) is 0 Å². The van der Waals surface area contributed by atoms with Gasteiger partial charge in [0.15, 0.2) is 0 Å². The van der Waals surface area contributed by atoms with E-state index in [4.69, 9.17) is 19.9 Å². The summed E-state index contributed by atoms with van der Waals surface area (Å²) in [7, 11) is 3.13. The minimum atomic E-state index is -1.18. The van der Waals surface area contributed by atoms with Crippen LogP contribution in [0.3, 0.4) is 0 Å². The summed E-state index contributed by atoms with van der Waals surface area (Å²) < 4.78 is 16.8. The number of rotatable bonds is 4. The standard InChI is InChI=1S/C21H19N3O4/c1-26-14-7-13(8-15(9-14)27-2)19-16(10-22)20(23)28-21-17(5-6-24-21)12(11-25)3-4-18(19)21/h3-9,19,25H,11,23H2,1-2H3. The second kappa shape index (κ2) is 6.59. The summed E-state index contributed by atoms with van der Waals surface area (Å²) in [6.07, 6.45) is 7.08. The maximum atomic E-state index is 9.81. The van der Waals surface area contributed by atoms with Crippen LogP contribution >= 0.6 is 0 Å². The van der Waals surface area contributed by atoms with Crippen LogP contribution in [-0.2, 0) is 4.74 Å².